The summed E-state index contributed by atoms with van der Waals surface area (Å²) in [5.74, 6) is 0.321. The second kappa shape index (κ2) is 5.43. The van der Waals surface area contributed by atoms with Crippen molar-refractivity contribution in [1.29, 1.82) is 0 Å². The van der Waals surface area contributed by atoms with Crippen LogP contribution in [0.25, 0.3) is 26.6 Å². The molecule has 1 N–H and O–H groups in total. The molecule has 94 valence electrons. The molecule has 0 aliphatic rings. The Morgan fingerprint density at radius 3 is 2.90 bits per heavy atom. The number of aromatic amines is 1. The fourth-order valence-corrected chi connectivity index (χ4v) is 2.97. The van der Waals surface area contributed by atoms with Crippen molar-refractivity contribution < 1.29 is 0 Å². The van der Waals surface area contributed by atoms with E-state index in [1.54, 1.807) is 4.40 Å². The summed E-state index contributed by atoms with van der Waals surface area (Å²) in [5, 5.41) is 13.3. The number of tetrazole rings is 1. The Morgan fingerprint density at radius 2 is 2.10 bits per heavy atom. The van der Waals surface area contributed by atoms with Crippen LogP contribution in [0.4, 0.5) is 0 Å². The van der Waals surface area contributed by atoms with Gasteiger partial charge < -0.3 is 0 Å². The minimum absolute atomic E-state index is 0. The number of benzene rings is 1. The molecule has 0 saturated carbocycles. The molecular formula is C11H7KN6OS. The van der Waals surface area contributed by atoms with Crippen LogP contribution in [0.2, 0.25) is 0 Å². The standard InChI is InChI=1S/C11H6N6OS.K.H/c18-10-6(9-13-15-16-14-9)5-12-11-17(10)7-3-1-2-4-8(7)19-11;;/h1-5H,(H,13,14,15,16);;. The van der Waals surface area contributed by atoms with Gasteiger partial charge in [-0.15, -0.1) is 5.10 Å². The van der Waals surface area contributed by atoms with Gasteiger partial charge in [0.2, 0.25) is 0 Å². The third-order valence-corrected chi connectivity index (χ3v) is 3.87. The van der Waals surface area contributed by atoms with Crippen LogP contribution in [0.3, 0.4) is 0 Å². The number of hydrogen-bond donors (Lipinski definition) is 1. The van der Waals surface area contributed by atoms with E-state index in [1.165, 1.54) is 17.5 Å². The molecule has 3 heterocycles. The molecule has 9 heteroatoms. The summed E-state index contributed by atoms with van der Waals surface area (Å²) in [6.07, 6.45) is 1.50. The number of fused-ring (bicyclic) bond motifs is 3. The van der Waals surface area contributed by atoms with Gasteiger partial charge in [-0.2, -0.15) is 0 Å². The molecule has 3 aromatic heterocycles. The van der Waals surface area contributed by atoms with Crippen molar-refractivity contribution in [2.24, 2.45) is 0 Å². The van der Waals surface area contributed by atoms with Crippen molar-refractivity contribution >= 4 is 77.9 Å². The van der Waals surface area contributed by atoms with E-state index >= 15 is 0 Å². The van der Waals surface area contributed by atoms with Gasteiger partial charge >= 0.3 is 51.4 Å². The Balaban J connectivity index is 0.00000121. The average molecular weight is 310 g/mol. The van der Waals surface area contributed by atoms with E-state index in [0.717, 1.165) is 10.2 Å². The van der Waals surface area contributed by atoms with Crippen molar-refractivity contribution in [2.75, 3.05) is 0 Å². The Morgan fingerprint density at radius 1 is 1.25 bits per heavy atom. The van der Waals surface area contributed by atoms with E-state index in [1.807, 2.05) is 24.3 Å². The van der Waals surface area contributed by atoms with Gasteiger partial charge in [0.05, 0.1) is 10.2 Å². The first kappa shape index (κ1) is 14.0. The minimum atomic E-state index is -0.180. The molecule has 0 amide bonds. The fraction of sp³-hybridized carbons (Fsp3) is 0. The Hall–Kier alpha value is -0.974. The van der Waals surface area contributed by atoms with Crippen molar-refractivity contribution in [3.8, 4) is 11.4 Å². The molecule has 4 rings (SSSR count). The number of para-hydroxylation sites is 1. The van der Waals surface area contributed by atoms with Gasteiger partial charge in [-0.05, 0) is 22.6 Å². The first-order chi connectivity index (χ1) is 9.34. The fourth-order valence-electron chi connectivity index (χ4n) is 1.99. The second-order valence-corrected chi connectivity index (χ2v) is 4.92. The number of aromatic nitrogens is 6. The summed E-state index contributed by atoms with van der Waals surface area (Å²) in [4.78, 5) is 17.5. The third kappa shape index (κ3) is 2.06. The molecule has 0 unspecified atom stereocenters. The normalized spacial score (nSPS) is 10.8. The van der Waals surface area contributed by atoms with Crippen LogP contribution in [0.15, 0.2) is 35.3 Å². The maximum atomic E-state index is 12.5. The number of nitrogens with one attached hydrogen (secondary N) is 1. The number of hydrogen-bond acceptors (Lipinski definition) is 6. The van der Waals surface area contributed by atoms with E-state index in [9.17, 15) is 4.79 Å². The van der Waals surface area contributed by atoms with Crippen LogP contribution in [0.1, 0.15) is 0 Å². The maximum absolute atomic E-state index is 12.5. The molecule has 0 aliphatic carbocycles. The zero-order valence-electron chi connectivity index (χ0n) is 9.44. The summed E-state index contributed by atoms with van der Waals surface area (Å²) >= 11 is 1.47. The van der Waals surface area contributed by atoms with Crippen LogP contribution in [-0.2, 0) is 0 Å². The summed E-state index contributed by atoms with van der Waals surface area (Å²) in [5.41, 5.74) is 1.02. The Bertz CT molecular complexity index is 945. The van der Waals surface area contributed by atoms with E-state index in [0.29, 0.717) is 16.3 Å². The van der Waals surface area contributed by atoms with Gasteiger partial charge in [-0.3, -0.25) is 9.20 Å². The van der Waals surface area contributed by atoms with Crippen LogP contribution in [0.5, 0.6) is 0 Å². The molecule has 0 saturated heterocycles. The molecule has 0 atom stereocenters. The molecule has 0 fully saturated rings. The number of thiazole rings is 1. The van der Waals surface area contributed by atoms with E-state index in [2.05, 4.69) is 25.6 Å². The van der Waals surface area contributed by atoms with Crippen molar-refractivity contribution in [1.82, 2.24) is 30.0 Å². The molecule has 4 aromatic rings. The van der Waals surface area contributed by atoms with Gasteiger partial charge in [-0.1, -0.05) is 23.5 Å². The van der Waals surface area contributed by atoms with Gasteiger partial charge in [0.25, 0.3) is 5.56 Å². The number of nitrogens with zero attached hydrogens (tertiary/aromatic N) is 5. The van der Waals surface area contributed by atoms with Gasteiger partial charge in [0, 0.05) is 6.20 Å². The summed E-state index contributed by atoms with van der Waals surface area (Å²) < 4.78 is 2.60. The average Bonchev–Trinajstić information content (AvgIpc) is 3.05. The molecular weight excluding hydrogens is 303 g/mol. The topological polar surface area (TPSA) is 88.8 Å². The zero-order chi connectivity index (χ0) is 12.8. The van der Waals surface area contributed by atoms with Gasteiger partial charge in [-0.25, -0.2) is 10.1 Å². The first-order valence-electron chi connectivity index (χ1n) is 5.48. The van der Waals surface area contributed by atoms with Gasteiger partial charge in [0.1, 0.15) is 5.56 Å². The quantitative estimate of drug-likeness (QED) is 0.515. The van der Waals surface area contributed by atoms with Gasteiger partial charge in [0.15, 0.2) is 10.8 Å². The molecule has 1 aromatic carbocycles. The van der Waals surface area contributed by atoms with Crippen molar-refractivity contribution in [3.63, 3.8) is 0 Å². The number of H-pyrrole nitrogens is 1. The number of rotatable bonds is 1. The molecule has 0 aliphatic heterocycles. The predicted molar refractivity (Wildman–Crippen MR) is 77.2 cm³/mol. The van der Waals surface area contributed by atoms with Crippen molar-refractivity contribution in [3.05, 3.63) is 40.8 Å². The van der Waals surface area contributed by atoms with E-state index < -0.39 is 0 Å². The second-order valence-electron chi connectivity index (χ2n) is 3.91. The van der Waals surface area contributed by atoms with E-state index in [4.69, 9.17) is 0 Å². The first-order valence-corrected chi connectivity index (χ1v) is 6.29. The van der Waals surface area contributed by atoms with Crippen LogP contribution in [-0.4, -0.2) is 81.4 Å². The van der Waals surface area contributed by atoms with Crippen LogP contribution < -0.4 is 5.56 Å². The van der Waals surface area contributed by atoms with Crippen LogP contribution >= 0.6 is 11.3 Å². The van der Waals surface area contributed by atoms with Crippen molar-refractivity contribution in [2.45, 2.75) is 0 Å². The molecule has 7 nitrogen and oxygen atoms in total. The summed E-state index contributed by atoms with van der Waals surface area (Å²) in [6.45, 7) is 0. The molecule has 0 radical (unpaired) electrons. The third-order valence-electron chi connectivity index (χ3n) is 2.84. The monoisotopic (exact) mass is 310 g/mol. The summed E-state index contributed by atoms with van der Waals surface area (Å²) in [6, 6.07) is 7.68. The predicted octanol–water partition coefficient (Wildman–Crippen LogP) is 0.441. The zero-order valence-corrected chi connectivity index (χ0v) is 10.3. The molecule has 0 spiro atoms. The Labute approximate surface area is 158 Å². The Kier molecular flexibility index (Phi) is 3.80. The summed E-state index contributed by atoms with van der Waals surface area (Å²) in [7, 11) is 0. The van der Waals surface area contributed by atoms with Crippen LogP contribution in [0, 0.1) is 0 Å². The SMILES string of the molecule is O=c1c(-c2nnn[nH]2)cnc2sc3ccccc3n12.[KH]. The molecule has 20 heavy (non-hydrogen) atoms. The molecule has 0 bridgehead atoms. The van der Waals surface area contributed by atoms with E-state index in [-0.39, 0.29) is 56.9 Å².